The summed E-state index contributed by atoms with van der Waals surface area (Å²) in [5.74, 6) is 0.411. The Morgan fingerprint density at radius 1 is 1.00 bits per heavy atom. The van der Waals surface area contributed by atoms with Crippen LogP contribution in [0.3, 0.4) is 0 Å². The van der Waals surface area contributed by atoms with Gasteiger partial charge in [0.2, 0.25) is 0 Å². The Kier molecular flexibility index (Phi) is 10.8. The Bertz CT molecular complexity index is 991. The van der Waals surface area contributed by atoms with Crippen molar-refractivity contribution in [1.29, 1.82) is 0 Å². The predicted molar refractivity (Wildman–Crippen MR) is 141 cm³/mol. The number of unbranched alkanes of at least 4 members (excludes halogenated alkanes) is 2. The first-order valence-electron chi connectivity index (χ1n) is 11.2. The smallest absolute Gasteiger partial charge is 0.276 e. The number of benzene rings is 2. The van der Waals surface area contributed by atoms with Gasteiger partial charge in [0, 0.05) is 5.56 Å². The molecule has 3 N–H and O–H groups in total. The number of carbonyl (C=O) groups excluding carboxylic acids is 2. The first kappa shape index (κ1) is 27.6. The van der Waals surface area contributed by atoms with Crippen molar-refractivity contribution < 1.29 is 19.1 Å². The third-order valence-corrected chi connectivity index (χ3v) is 5.66. The molecule has 2 aromatic rings. The van der Waals surface area contributed by atoms with E-state index in [0.717, 1.165) is 29.3 Å². The van der Waals surface area contributed by atoms with Crippen molar-refractivity contribution in [2.75, 3.05) is 13.2 Å². The Balaban J connectivity index is 1.74. The van der Waals surface area contributed by atoms with Crippen molar-refractivity contribution in [2.24, 2.45) is 0 Å². The number of halogens is 1. The number of thiocarbonyl (C=S) groups is 1. The quantitative estimate of drug-likeness (QED) is 0.231. The van der Waals surface area contributed by atoms with E-state index in [1.165, 1.54) is 0 Å². The number of hydrogen-bond donors (Lipinski definition) is 3. The van der Waals surface area contributed by atoms with E-state index in [1.54, 1.807) is 24.3 Å². The zero-order chi connectivity index (χ0) is 25.1. The molecule has 0 bridgehead atoms. The second kappa shape index (κ2) is 13.3. The van der Waals surface area contributed by atoms with Gasteiger partial charge in [0.25, 0.3) is 11.8 Å². The molecule has 34 heavy (non-hydrogen) atoms. The fourth-order valence-corrected chi connectivity index (χ4v) is 3.48. The summed E-state index contributed by atoms with van der Waals surface area (Å²) in [5.41, 5.74) is 6.47. The molecule has 0 aliphatic heterocycles. The molecular formula is C25H32BrN3O4S. The average molecular weight is 551 g/mol. The summed E-state index contributed by atoms with van der Waals surface area (Å²) in [5, 5.41) is 2.48. The lowest BCUT2D eigenvalue weighted by atomic mass is 9.87. The highest BCUT2D eigenvalue weighted by Gasteiger charge is 2.16. The normalized spacial score (nSPS) is 10.9. The summed E-state index contributed by atoms with van der Waals surface area (Å²) in [6, 6.07) is 12.5. The maximum Gasteiger partial charge on any atom is 0.276 e. The lowest BCUT2D eigenvalue weighted by molar-refractivity contribution is -0.123. The SMILES string of the molecule is CCCCCOc1ccc(C(=O)NC(=S)NNC(=O)COc2ccc(C(C)(C)C)cc2Br)cc1. The zero-order valence-electron chi connectivity index (χ0n) is 20.0. The Labute approximate surface area is 215 Å². The van der Waals surface area contributed by atoms with Gasteiger partial charge in [-0.2, -0.15) is 0 Å². The Hall–Kier alpha value is -2.65. The van der Waals surface area contributed by atoms with Crippen molar-refractivity contribution in [3.63, 3.8) is 0 Å². The van der Waals surface area contributed by atoms with Crippen molar-refractivity contribution >= 4 is 45.1 Å². The molecule has 7 nitrogen and oxygen atoms in total. The van der Waals surface area contributed by atoms with Gasteiger partial charge in [-0.25, -0.2) is 0 Å². The molecule has 184 valence electrons. The van der Waals surface area contributed by atoms with E-state index in [2.05, 4.69) is 59.8 Å². The van der Waals surface area contributed by atoms with Crippen LogP contribution in [0.15, 0.2) is 46.9 Å². The highest BCUT2D eigenvalue weighted by Crippen LogP contribution is 2.31. The minimum Gasteiger partial charge on any atom is -0.494 e. The first-order chi connectivity index (χ1) is 16.1. The molecule has 0 aliphatic carbocycles. The van der Waals surface area contributed by atoms with Crippen molar-refractivity contribution in [3.05, 3.63) is 58.1 Å². The predicted octanol–water partition coefficient (Wildman–Crippen LogP) is 5.03. The second-order valence-electron chi connectivity index (χ2n) is 8.72. The van der Waals surface area contributed by atoms with E-state index in [-0.39, 0.29) is 17.1 Å². The fourth-order valence-electron chi connectivity index (χ4n) is 2.84. The highest BCUT2D eigenvalue weighted by molar-refractivity contribution is 9.10. The molecule has 0 spiro atoms. The molecule has 0 atom stereocenters. The molecule has 0 radical (unpaired) electrons. The van der Waals surface area contributed by atoms with Gasteiger partial charge in [-0.1, -0.05) is 46.6 Å². The van der Waals surface area contributed by atoms with Crippen LogP contribution in [0.5, 0.6) is 11.5 Å². The van der Waals surface area contributed by atoms with Crippen LogP contribution in [0.25, 0.3) is 0 Å². The van der Waals surface area contributed by atoms with Crippen LogP contribution in [0.2, 0.25) is 0 Å². The minimum absolute atomic E-state index is 0.00649. The third-order valence-electron chi connectivity index (χ3n) is 4.83. The molecule has 9 heteroatoms. The number of nitrogens with one attached hydrogen (secondary N) is 3. The van der Waals surface area contributed by atoms with Gasteiger partial charge < -0.3 is 9.47 Å². The monoisotopic (exact) mass is 549 g/mol. The van der Waals surface area contributed by atoms with Gasteiger partial charge in [-0.15, -0.1) is 0 Å². The van der Waals surface area contributed by atoms with Gasteiger partial charge in [-0.3, -0.25) is 25.8 Å². The van der Waals surface area contributed by atoms with Gasteiger partial charge in [0.05, 0.1) is 11.1 Å². The zero-order valence-corrected chi connectivity index (χ0v) is 22.4. The summed E-state index contributed by atoms with van der Waals surface area (Å²) < 4.78 is 12.0. The third kappa shape index (κ3) is 9.30. The van der Waals surface area contributed by atoms with Crippen LogP contribution in [0.1, 0.15) is 62.9 Å². The number of hydrogen-bond acceptors (Lipinski definition) is 5. The fraction of sp³-hybridized carbons (Fsp3) is 0.400. The Morgan fingerprint density at radius 3 is 2.32 bits per heavy atom. The number of rotatable bonds is 9. The van der Waals surface area contributed by atoms with Crippen LogP contribution in [0.4, 0.5) is 0 Å². The van der Waals surface area contributed by atoms with Gasteiger partial charge in [0.15, 0.2) is 11.7 Å². The van der Waals surface area contributed by atoms with Crippen molar-refractivity contribution in [1.82, 2.24) is 16.2 Å². The van der Waals surface area contributed by atoms with E-state index < -0.39 is 11.8 Å². The molecule has 0 unspecified atom stereocenters. The van der Waals surface area contributed by atoms with Crippen LogP contribution >= 0.6 is 28.1 Å². The summed E-state index contributed by atoms with van der Waals surface area (Å²) in [7, 11) is 0. The van der Waals surface area contributed by atoms with Crippen LogP contribution in [0, 0.1) is 0 Å². The van der Waals surface area contributed by atoms with Crippen molar-refractivity contribution in [2.45, 2.75) is 52.4 Å². The van der Waals surface area contributed by atoms with E-state index in [1.807, 2.05) is 18.2 Å². The lowest BCUT2D eigenvalue weighted by Crippen LogP contribution is -2.49. The van der Waals surface area contributed by atoms with E-state index >= 15 is 0 Å². The Morgan fingerprint density at radius 2 is 1.71 bits per heavy atom. The molecule has 0 fully saturated rings. The highest BCUT2D eigenvalue weighted by atomic mass is 79.9. The molecule has 2 rings (SSSR count). The topological polar surface area (TPSA) is 88.7 Å². The van der Waals surface area contributed by atoms with Gasteiger partial charge >= 0.3 is 0 Å². The van der Waals surface area contributed by atoms with Gasteiger partial charge in [0.1, 0.15) is 11.5 Å². The van der Waals surface area contributed by atoms with Gasteiger partial charge in [-0.05, 0) is 81.9 Å². The van der Waals surface area contributed by atoms with E-state index in [4.69, 9.17) is 21.7 Å². The molecule has 2 amide bonds. The maximum absolute atomic E-state index is 12.3. The molecule has 0 aromatic heterocycles. The average Bonchev–Trinajstić information content (AvgIpc) is 2.79. The van der Waals surface area contributed by atoms with Crippen LogP contribution in [-0.2, 0) is 10.2 Å². The summed E-state index contributed by atoms with van der Waals surface area (Å²) in [6.07, 6.45) is 3.25. The van der Waals surface area contributed by atoms with E-state index in [0.29, 0.717) is 23.7 Å². The molecule has 0 heterocycles. The van der Waals surface area contributed by atoms with Crippen LogP contribution in [-0.4, -0.2) is 30.1 Å². The van der Waals surface area contributed by atoms with E-state index in [9.17, 15) is 9.59 Å². The number of ether oxygens (including phenoxy) is 2. The summed E-state index contributed by atoms with van der Waals surface area (Å²) in [4.78, 5) is 24.4. The molecule has 0 saturated carbocycles. The summed E-state index contributed by atoms with van der Waals surface area (Å²) >= 11 is 8.55. The first-order valence-corrected chi connectivity index (χ1v) is 12.4. The molecule has 0 saturated heterocycles. The molecule has 0 aliphatic rings. The van der Waals surface area contributed by atoms with Crippen LogP contribution < -0.4 is 25.6 Å². The number of amides is 2. The van der Waals surface area contributed by atoms with Crippen molar-refractivity contribution in [3.8, 4) is 11.5 Å². The number of carbonyl (C=O) groups is 2. The standard InChI is InChI=1S/C25H32BrN3O4S/c1-5-6-7-14-32-19-11-8-17(9-12-19)23(31)27-24(34)29-28-22(30)16-33-21-13-10-18(15-20(21)26)25(2,3)4/h8-13,15H,5-7,14,16H2,1-4H3,(H,28,30)(H2,27,29,31,34). The summed E-state index contributed by atoms with van der Waals surface area (Å²) in [6.45, 7) is 8.92. The largest absolute Gasteiger partial charge is 0.494 e. The second-order valence-corrected chi connectivity index (χ2v) is 9.98. The maximum atomic E-state index is 12.3. The molecule has 2 aromatic carbocycles. The molecular weight excluding hydrogens is 518 g/mol. The minimum atomic E-state index is -0.451. The lowest BCUT2D eigenvalue weighted by Gasteiger charge is -2.20. The number of hydrazine groups is 1.